The largest absolute Gasteiger partial charge is 0.481 e. The van der Waals surface area contributed by atoms with Crippen LogP contribution in [0.2, 0.25) is 0 Å². The van der Waals surface area contributed by atoms with E-state index < -0.39 is 12.0 Å². The summed E-state index contributed by atoms with van der Waals surface area (Å²) in [6.07, 6.45) is 6.75. The average molecular weight is 557 g/mol. The molecule has 1 saturated heterocycles. The maximum atomic E-state index is 13.5. The lowest BCUT2D eigenvalue weighted by molar-refractivity contribution is -0.136. The third-order valence-corrected chi connectivity index (χ3v) is 8.63. The lowest BCUT2D eigenvalue weighted by Crippen LogP contribution is -2.36. The summed E-state index contributed by atoms with van der Waals surface area (Å²) in [5.41, 5.74) is 2.20. The number of imidazole rings is 1. The van der Waals surface area contributed by atoms with E-state index in [-0.39, 0.29) is 23.3 Å². The minimum atomic E-state index is -1.02. The Morgan fingerprint density at radius 3 is 2.68 bits per heavy atom. The van der Waals surface area contributed by atoms with Crippen molar-refractivity contribution < 1.29 is 24.2 Å². The van der Waals surface area contributed by atoms with Crippen LogP contribution in [-0.4, -0.2) is 64.1 Å². The molecule has 0 radical (unpaired) electrons. The standard InChI is InChI=1S/C25H28N6O5S2/c32-20(33)14-19-22(37-24-26-7-8-27-24)38-25(29-19)30-23(35)28-18-6-5-16(31-9-11-36-12-10-31)13-17(18)21(34)15-3-1-2-4-15/h5-8,13,15H,1-4,9-12,14H2,(H,26,27)(H,32,33)(H2,28,29,30,35). The van der Waals surface area contributed by atoms with Gasteiger partial charge < -0.3 is 25.0 Å². The molecule has 0 atom stereocenters. The molecule has 11 nitrogen and oxygen atoms in total. The molecule has 0 unspecified atom stereocenters. The third-order valence-electron chi connectivity index (χ3n) is 6.48. The lowest BCUT2D eigenvalue weighted by atomic mass is 9.94. The van der Waals surface area contributed by atoms with Gasteiger partial charge in [0.15, 0.2) is 16.1 Å². The molecule has 3 aromatic rings. The highest BCUT2D eigenvalue weighted by atomic mass is 32.2. The number of morpholine rings is 1. The molecule has 200 valence electrons. The molecule has 2 aliphatic rings. The number of carboxylic acids is 1. The summed E-state index contributed by atoms with van der Waals surface area (Å²) in [7, 11) is 0. The van der Waals surface area contributed by atoms with Crippen molar-refractivity contribution in [2.75, 3.05) is 41.8 Å². The fourth-order valence-electron chi connectivity index (χ4n) is 4.64. The van der Waals surface area contributed by atoms with Crippen LogP contribution in [0.15, 0.2) is 40.0 Å². The monoisotopic (exact) mass is 556 g/mol. The number of urea groups is 1. The molecule has 5 rings (SSSR count). The van der Waals surface area contributed by atoms with Crippen LogP contribution in [0.3, 0.4) is 0 Å². The number of rotatable bonds is 9. The van der Waals surface area contributed by atoms with Crippen LogP contribution in [-0.2, 0) is 16.0 Å². The van der Waals surface area contributed by atoms with E-state index >= 15 is 0 Å². The fraction of sp³-hybridized carbons (Fsp3) is 0.400. The number of ketones is 1. The van der Waals surface area contributed by atoms with Crippen molar-refractivity contribution in [3.63, 3.8) is 0 Å². The first-order chi connectivity index (χ1) is 18.5. The fourth-order valence-corrected chi connectivity index (χ4v) is 6.65. The van der Waals surface area contributed by atoms with Crippen molar-refractivity contribution in [1.29, 1.82) is 0 Å². The summed E-state index contributed by atoms with van der Waals surface area (Å²) >= 11 is 2.41. The molecule has 3 heterocycles. The van der Waals surface area contributed by atoms with E-state index in [0.29, 0.717) is 39.5 Å². The molecule has 38 heavy (non-hydrogen) atoms. The van der Waals surface area contributed by atoms with Crippen molar-refractivity contribution >= 4 is 57.4 Å². The Bertz CT molecular complexity index is 1300. The van der Waals surface area contributed by atoms with Crippen LogP contribution in [0.1, 0.15) is 41.7 Å². The number of hydrogen-bond acceptors (Lipinski definition) is 9. The highest BCUT2D eigenvalue weighted by Crippen LogP contribution is 2.37. The molecule has 0 spiro atoms. The molecule has 2 fully saturated rings. The van der Waals surface area contributed by atoms with E-state index in [4.69, 9.17) is 4.74 Å². The van der Waals surface area contributed by atoms with Gasteiger partial charge in [0.1, 0.15) is 0 Å². The van der Waals surface area contributed by atoms with Gasteiger partial charge >= 0.3 is 12.0 Å². The number of aromatic nitrogens is 3. The van der Waals surface area contributed by atoms with E-state index in [2.05, 4.69) is 30.5 Å². The zero-order valence-corrected chi connectivity index (χ0v) is 22.2. The van der Waals surface area contributed by atoms with Crippen LogP contribution in [0, 0.1) is 5.92 Å². The van der Waals surface area contributed by atoms with Crippen molar-refractivity contribution in [3.8, 4) is 0 Å². The topological polar surface area (TPSA) is 150 Å². The van der Waals surface area contributed by atoms with Crippen LogP contribution in [0.4, 0.5) is 21.3 Å². The number of H-pyrrole nitrogens is 1. The summed E-state index contributed by atoms with van der Waals surface area (Å²) in [6.45, 7) is 2.75. The first-order valence-corrected chi connectivity index (χ1v) is 14.1. The maximum Gasteiger partial charge on any atom is 0.325 e. The first-order valence-electron chi connectivity index (χ1n) is 12.4. The number of thiazole rings is 1. The molecular weight excluding hydrogens is 528 g/mol. The van der Waals surface area contributed by atoms with Gasteiger partial charge in [-0.2, -0.15) is 0 Å². The van der Waals surface area contributed by atoms with Gasteiger partial charge in [-0.15, -0.1) is 0 Å². The van der Waals surface area contributed by atoms with Gasteiger partial charge in [0.2, 0.25) is 0 Å². The minimum Gasteiger partial charge on any atom is -0.481 e. The Balaban J connectivity index is 1.35. The summed E-state index contributed by atoms with van der Waals surface area (Å²) in [6, 6.07) is 4.98. The zero-order valence-electron chi connectivity index (χ0n) is 20.6. The number of nitrogens with zero attached hydrogens (tertiary/aromatic N) is 3. The molecule has 1 aliphatic carbocycles. The van der Waals surface area contributed by atoms with Gasteiger partial charge in [0.25, 0.3) is 0 Å². The van der Waals surface area contributed by atoms with Crippen molar-refractivity contribution in [3.05, 3.63) is 41.9 Å². The minimum absolute atomic E-state index is 0.0442. The van der Waals surface area contributed by atoms with Crippen molar-refractivity contribution in [2.24, 2.45) is 5.92 Å². The first kappa shape index (κ1) is 26.2. The second kappa shape index (κ2) is 12.0. The van der Waals surface area contributed by atoms with E-state index in [1.807, 2.05) is 12.1 Å². The Kier molecular flexibility index (Phi) is 8.25. The van der Waals surface area contributed by atoms with Crippen LogP contribution in [0.25, 0.3) is 0 Å². The lowest BCUT2D eigenvalue weighted by Gasteiger charge is -2.29. The molecule has 2 aromatic heterocycles. The molecule has 1 saturated carbocycles. The summed E-state index contributed by atoms with van der Waals surface area (Å²) in [4.78, 5) is 51.4. The molecule has 1 aliphatic heterocycles. The van der Waals surface area contributed by atoms with Gasteiger partial charge in [-0.05, 0) is 42.8 Å². The number of ether oxygens (including phenoxy) is 1. The maximum absolute atomic E-state index is 13.5. The van der Waals surface area contributed by atoms with E-state index in [1.54, 1.807) is 18.5 Å². The van der Waals surface area contributed by atoms with Gasteiger partial charge in [0.05, 0.1) is 35.2 Å². The Morgan fingerprint density at radius 2 is 1.97 bits per heavy atom. The van der Waals surface area contributed by atoms with Crippen LogP contribution < -0.4 is 15.5 Å². The number of carbonyl (C=O) groups excluding carboxylic acids is 2. The second-order valence-electron chi connectivity index (χ2n) is 9.07. The van der Waals surface area contributed by atoms with Crippen LogP contribution in [0.5, 0.6) is 0 Å². The van der Waals surface area contributed by atoms with E-state index in [0.717, 1.165) is 55.8 Å². The Labute approximate surface area is 227 Å². The molecule has 0 bridgehead atoms. The number of amides is 2. The predicted octanol–water partition coefficient (Wildman–Crippen LogP) is 4.50. The summed E-state index contributed by atoms with van der Waals surface area (Å²) in [5, 5.41) is 15.6. The average Bonchev–Trinajstić information content (AvgIpc) is 3.68. The number of aromatic amines is 1. The quantitative estimate of drug-likeness (QED) is 0.279. The SMILES string of the molecule is O=C(O)Cc1nc(NC(=O)Nc2ccc(N3CCOCC3)cc2C(=O)C2CCCC2)sc1Sc1ncc[nH]1. The number of nitrogens with one attached hydrogen (secondary N) is 3. The number of benzene rings is 1. The third kappa shape index (κ3) is 6.34. The Morgan fingerprint density at radius 1 is 1.18 bits per heavy atom. The number of anilines is 3. The number of carboxylic acid groups (broad SMARTS) is 1. The van der Waals surface area contributed by atoms with Crippen molar-refractivity contribution in [2.45, 2.75) is 41.5 Å². The Hall–Kier alpha value is -3.42. The normalized spacial score (nSPS) is 15.9. The molecule has 2 amide bonds. The number of carbonyl (C=O) groups is 3. The smallest absolute Gasteiger partial charge is 0.325 e. The van der Waals surface area contributed by atoms with Crippen LogP contribution >= 0.6 is 23.1 Å². The van der Waals surface area contributed by atoms with Gasteiger partial charge in [-0.1, -0.05) is 24.2 Å². The van der Waals surface area contributed by atoms with E-state index in [1.165, 1.54) is 11.8 Å². The number of hydrogen-bond donors (Lipinski definition) is 4. The van der Waals surface area contributed by atoms with Gasteiger partial charge in [-0.25, -0.2) is 14.8 Å². The highest BCUT2D eigenvalue weighted by molar-refractivity contribution is 8.01. The van der Waals surface area contributed by atoms with Gasteiger partial charge in [-0.3, -0.25) is 14.9 Å². The zero-order chi connectivity index (χ0) is 26.5. The van der Waals surface area contributed by atoms with Crippen molar-refractivity contribution in [1.82, 2.24) is 15.0 Å². The summed E-state index contributed by atoms with van der Waals surface area (Å²) in [5.74, 6) is -1.02. The van der Waals surface area contributed by atoms with E-state index in [9.17, 15) is 19.5 Å². The predicted molar refractivity (Wildman–Crippen MR) is 145 cm³/mol. The second-order valence-corrected chi connectivity index (χ2v) is 11.3. The number of Topliss-reactive ketones (excluding diaryl/α,β-unsaturated/α-hetero) is 1. The number of aliphatic carboxylic acids is 1. The summed E-state index contributed by atoms with van der Waals surface area (Å²) < 4.78 is 6.07. The molecule has 1 aromatic carbocycles. The molecule has 13 heteroatoms. The highest BCUT2D eigenvalue weighted by Gasteiger charge is 2.27. The molecular formula is C25H28N6O5S2. The van der Waals surface area contributed by atoms with Gasteiger partial charge in [0, 0.05) is 42.7 Å². The molecule has 4 N–H and O–H groups in total.